The molecule has 19 heavy (non-hydrogen) atoms. The normalized spacial score (nSPS) is 10.9. The van der Waals surface area contributed by atoms with E-state index in [0.29, 0.717) is 11.3 Å². The van der Waals surface area contributed by atoms with Crippen molar-refractivity contribution in [3.05, 3.63) is 38.9 Å². The second kappa shape index (κ2) is 4.89. The molecule has 2 N–H and O–H groups in total. The van der Waals surface area contributed by atoms with Crippen LogP contribution in [0.5, 0.6) is 0 Å². The van der Waals surface area contributed by atoms with E-state index in [2.05, 4.69) is 5.16 Å². The molecule has 1 aromatic carbocycles. The van der Waals surface area contributed by atoms with Crippen LogP contribution in [0.2, 0.25) is 5.02 Å². The summed E-state index contributed by atoms with van der Waals surface area (Å²) in [6, 6.07) is 4.46. The van der Waals surface area contributed by atoms with Gasteiger partial charge in [0.1, 0.15) is 11.3 Å². The number of nitro groups is 1. The SMILES string of the molecule is CC(C)c1c(-c2c(Cl)cccc2[N+](=O)[O-])noc1N. The van der Waals surface area contributed by atoms with Crippen LogP contribution in [0.15, 0.2) is 22.7 Å². The molecule has 2 rings (SSSR count). The third-order valence-electron chi connectivity index (χ3n) is 2.76. The highest BCUT2D eigenvalue weighted by Crippen LogP contribution is 2.41. The molecule has 0 bridgehead atoms. The second-order valence-corrected chi connectivity index (χ2v) is 4.76. The van der Waals surface area contributed by atoms with Gasteiger partial charge in [0, 0.05) is 11.6 Å². The predicted molar refractivity (Wildman–Crippen MR) is 72.1 cm³/mol. The minimum Gasteiger partial charge on any atom is -0.367 e. The van der Waals surface area contributed by atoms with Gasteiger partial charge in [-0.1, -0.05) is 36.7 Å². The maximum atomic E-state index is 11.1. The zero-order valence-corrected chi connectivity index (χ0v) is 11.1. The van der Waals surface area contributed by atoms with E-state index in [1.54, 1.807) is 6.07 Å². The molecule has 2 aromatic rings. The van der Waals surface area contributed by atoms with Crippen molar-refractivity contribution in [3.63, 3.8) is 0 Å². The van der Waals surface area contributed by atoms with E-state index in [0.717, 1.165) is 0 Å². The van der Waals surface area contributed by atoms with Crippen LogP contribution in [0.1, 0.15) is 25.3 Å². The number of halogens is 1. The number of nitro benzene ring substituents is 1. The van der Waals surface area contributed by atoms with Crippen LogP contribution in [-0.4, -0.2) is 10.1 Å². The lowest BCUT2D eigenvalue weighted by atomic mass is 9.98. The third-order valence-corrected chi connectivity index (χ3v) is 3.07. The van der Waals surface area contributed by atoms with Crippen LogP contribution in [0.4, 0.5) is 11.6 Å². The van der Waals surface area contributed by atoms with Gasteiger partial charge in [0.2, 0.25) is 5.88 Å². The summed E-state index contributed by atoms with van der Waals surface area (Å²) in [5.41, 5.74) is 6.77. The number of nitrogens with zero attached hydrogens (tertiary/aromatic N) is 2. The summed E-state index contributed by atoms with van der Waals surface area (Å²) in [6.07, 6.45) is 0. The minimum atomic E-state index is -0.504. The molecule has 0 aliphatic rings. The van der Waals surface area contributed by atoms with E-state index in [1.165, 1.54) is 12.1 Å². The summed E-state index contributed by atoms with van der Waals surface area (Å²) >= 11 is 6.07. The Kier molecular flexibility index (Phi) is 3.44. The highest BCUT2D eigenvalue weighted by atomic mass is 35.5. The van der Waals surface area contributed by atoms with Gasteiger partial charge in [0.05, 0.1) is 9.95 Å². The van der Waals surface area contributed by atoms with Gasteiger partial charge in [0.15, 0.2) is 0 Å². The zero-order valence-electron chi connectivity index (χ0n) is 10.4. The lowest BCUT2D eigenvalue weighted by Crippen LogP contribution is -1.98. The van der Waals surface area contributed by atoms with Crippen molar-refractivity contribution < 1.29 is 9.45 Å². The van der Waals surface area contributed by atoms with Crippen LogP contribution in [0.3, 0.4) is 0 Å². The van der Waals surface area contributed by atoms with Crippen molar-refractivity contribution in [1.82, 2.24) is 5.16 Å². The molecule has 6 nitrogen and oxygen atoms in total. The van der Waals surface area contributed by atoms with Crippen molar-refractivity contribution in [2.24, 2.45) is 0 Å². The number of nitrogens with two attached hydrogens (primary N) is 1. The number of hydrogen-bond donors (Lipinski definition) is 1. The fourth-order valence-corrected chi connectivity index (χ4v) is 2.21. The Balaban J connectivity index is 2.76. The zero-order chi connectivity index (χ0) is 14.2. The van der Waals surface area contributed by atoms with E-state index in [4.69, 9.17) is 21.9 Å². The molecule has 100 valence electrons. The molecule has 0 spiro atoms. The molecular formula is C12H12ClN3O3. The molecule has 7 heteroatoms. The van der Waals surface area contributed by atoms with Gasteiger partial charge < -0.3 is 10.3 Å². The van der Waals surface area contributed by atoms with Crippen molar-refractivity contribution in [2.75, 3.05) is 5.73 Å². The summed E-state index contributed by atoms with van der Waals surface area (Å²) in [5.74, 6) is 0.163. The maximum absolute atomic E-state index is 11.1. The first-order valence-electron chi connectivity index (χ1n) is 5.61. The Hall–Kier alpha value is -2.08. The topological polar surface area (TPSA) is 95.2 Å². The summed E-state index contributed by atoms with van der Waals surface area (Å²) < 4.78 is 4.95. The average molecular weight is 282 g/mol. The first-order chi connectivity index (χ1) is 8.93. The van der Waals surface area contributed by atoms with Crippen molar-refractivity contribution in [2.45, 2.75) is 19.8 Å². The van der Waals surface area contributed by atoms with Gasteiger partial charge in [-0.3, -0.25) is 10.1 Å². The Labute approximate surface area is 114 Å². The number of hydrogen-bond acceptors (Lipinski definition) is 5. The molecule has 1 heterocycles. The van der Waals surface area contributed by atoms with Crippen LogP contribution >= 0.6 is 11.6 Å². The van der Waals surface area contributed by atoms with Gasteiger partial charge >= 0.3 is 0 Å². The Morgan fingerprint density at radius 1 is 1.47 bits per heavy atom. The summed E-state index contributed by atoms with van der Waals surface area (Å²) in [5, 5.41) is 15.2. The molecule has 0 saturated heterocycles. The quantitative estimate of drug-likeness (QED) is 0.685. The summed E-state index contributed by atoms with van der Waals surface area (Å²) in [6.45, 7) is 3.80. The Morgan fingerprint density at radius 3 is 2.74 bits per heavy atom. The number of aromatic nitrogens is 1. The lowest BCUT2D eigenvalue weighted by molar-refractivity contribution is -0.384. The van der Waals surface area contributed by atoms with Crippen LogP contribution in [-0.2, 0) is 0 Å². The monoisotopic (exact) mass is 281 g/mol. The number of nitrogen functional groups attached to an aromatic ring is 1. The van der Waals surface area contributed by atoms with Gasteiger partial charge in [-0.15, -0.1) is 0 Å². The molecule has 0 aliphatic carbocycles. The standard InChI is InChI=1S/C12H12ClN3O3/c1-6(2)9-11(15-19-12(9)14)10-7(13)4-3-5-8(10)16(17)18/h3-6H,14H2,1-2H3. The maximum Gasteiger partial charge on any atom is 0.280 e. The number of benzene rings is 1. The molecule has 1 aromatic heterocycles. The fourth-order valence-electron chi connectivity index (χ4n) is 1.95. The highest BCUT2D eigenvalue weighted by Gasteiger charge is 2.27. The lowest BCUT2D eigenvalue weighted by Gasteiger charge is -2.07. The van der Waals surface area contributed by atoms with E-state index in [9.17, 15) is 10.1 Å². The van der Waals surface area contributed by atoms with Crippen molar-refractivity contribution >= 4 is 23.2 Å². The minimum absolute atomic E-state index is 0.0112. The van der Waals surface area contributed by atoms with Crippen molar-refractivity contribution in [1.29, 1.82) is 0 Å². The Bertz CT molecular complexity index is 637. The first-order valence-corrected chi connectivity index (χ1v) is 5.99. The Morgan fingerprint density at radius 2 is 2.16 bits per heavy atom. The van der Waals surface area contributed by atoms with Gasteiger partial charge in [-0.2, -0.15) is 0 Å². The summed E-state index contributed by atoms with van der Waals surface area (Å²) in [7, 11) is 0. The smallest absolute Gasteiger partial charge is 0.280 e. The van der Waals surface area contributed by atoms with Crippen LogP contribution in [0, 0.1) is 10.1 Å². The molecular weight excluding hydrogens is 270 g/mol. The predicted octanol–water partition coefficient (Wildman–Crippen LogP) is 3.61. The average Bonchev–Trinajstić information content (AvgIpc) is 2.70. The van der Waals surface area contributed by atoms with Crippen LogP contribution < -0.4 is 5.73 Å². The molecule has 0 aliphatic heterocycles. The van der Waals surface area contributed by atoms with E-state index >= 15 is 0 Å². The fraction of sp³-hybridized carbons (Fsp3) is 0.250. The third kappa shape index (κ3) is 2.26. The van der Waals surface area contributed by atoms with E-state index in [-0.39, 0.29) is 28.1 Å². The van der Waals surface area contributed by atoms with Crippen molar-refractivity contribution in [3.8, 4) is 11.3 Å². The largest absolute Gasteiger partial charge is 0.367 e. The van der Waals surface area contributed by atoms with Gasteiger partial charge in [-0.05, 0) is 12.0 Å². The molecule has 0 atom stereocenters. The van der Waals surface area contributed by atoms with E-state index in [1.807, 2.05) is 13.8 Å². The van der Waals surface area contributed by atoms with E-state index < -0.39 is 4.92 Å². The van der Waals surface area contributed by atoms with Crippen LogP contribution in [0.25, 0.3) is 11.3 Å². The molecule has 0 radical (unpaired) electrons. The van der Waals surface area contributed by atoms with Gasteiger partial charge in [-0.25, -0.2) is 0 Å². The molecule has 0 fully saturated rings. The molecule has 0 unspecified atom stereocenters. The molecule has 0 amide bonds. The number of rotatable bonds is 3. The highest BCUT2D eigenvalue weighted by molar-refractivity contribution is 6.33. The first kappa shape index (κ1) is 13.4. The number of anilines is 1. The van der Waals surface area contributed by atoms with Gasteiger partial charge in [0.25, 0.3) is 5.69 Å². The summed E-state index contributed by atoms with van der Waals surface area (Å²) in [4.78, 5) is 10.6. The molecule has 0 saturated carbocycles. The second-order valence-electron chi connectivity index (χ2n) is 4.35.